The Morgan fingerprint density at radius 1 is 1.03 bits per heavy atom. The van der Waals surface area contributed by atoms with Crippen LogP contribution in [0, 0.1) is 5.92 Å². The lowest BCUT2D eigenvalue weighted by molar-refractivity contribution is -0.136. The molecule has 1 atom stereocenters. The standard InChI is InChI=1S/C25H37N3O3/c1-2-31-23-10-6-20(7-11-23)18-24(29)27-15-12-22(19-27)28(25(30)21-8-9-21)17-16-26-13-4-3-5-14-26/h6-7,10-11,21-22H,2-5,8-9,12-19H2,1H3. The Kier molecular flexibility index (Phi) is 7.49. The summed E-state index contributed by atoms with van der Waals surface area (Å²) in [6.45, 7) is 8.11. The van der Waals surface area contributed by atoms with Crippen LogP contribution in [0.25, 0.3) is 0 Å². The summed E-state index contributed by atoms with van der Waals surface area (Å²) in [6.07, 6.45) is 7.24. The Bertz CT molecular complexity index is 741. The van der Waals surface area contributed by atoms with Gasteiger partial charge in [0.25, 0.3) is 0 Å². The van der Waals surface area contributed by atoms with Crippen molar-refractivity contribution in [2.24, 2.45) is 5.92 Å². The van der Waals surface area contributed by atoms with E-state index in [-0.39, 0.29) is 17.9 Å². The van der Waals surface area contributed by atoms with Crippen molar-refractivity contribution >= 4 is 11.8 Å². The van der Waals surface area contributed by atoms with Gasteiger partial charge in [0.1, 0.15) is 5.75 Å². The molecule has 1 aromatic carbocycles. The molecule has 2 heterocycles. The highest BCUT2D eigenvalue weighted by Crippen LogP contribution is 2.33. The van der Waals surface area contributed by atoms with Crippen LogP contribution in [0.5, 0.6) is 5.75 Å². The molecule has 1 aromatic rings. The molecule has 3 aliphatic rings. The lowest BCUT2D eigenvalue weighted by Gasteiger charge is -2.33. The summed E-state index contributed by atoms with van der Waals surface area (Å²) in [4.78, 5) is 32.5. The van der Waals surface area contributed by atoms with Crippen molar-refractivity contribution < 1.29 is 14.3 Å². The summed E-state index contributed by atoms with van der Waals surface area (Å²) in [6, 6.07) is 7.96. The highest BCUT2D eigenvalue weighted by molar-refractivity contribution is 5.82. The summed E-state index contributed by atoms with van der Waals surface area (Å²) in [7, 11) is 0. The van der Waals surface area contributed by atoms with Gasteiger partial charge in [0.2, 0.25) is 11.8 Å². The van der Waals surface area contributed by atoms with E-state index in [4.69, 9.17) is 4.74 Å². The van der Waals surface area contributed by atoms with Crippen LogP contribution in [0.3, 0.4) is 0 Å². The molecule has 2 saturated heterocycles. The van der Waals surface area contributed by atoms with Gasteiger partial charge in [-0.05, 0) is 69.8 Å². The van der Waals surface area contributed by atoms with Gasteiger partial charge in [0.15, 0.2) is 0 Å². The Morgan fingerprint density at radius 2 is 1.77 bits per heavy atom. The molecule has 0 bridgehead atoms. The first-order chi connectivity index (χ1) is 15.1. The number of rotatable bonds is 9. The van der Waals surface area contributed by atoms with Crippen LogP contribution in [0.1, 0.15) is 51.0 Å². The summed E-state index contributed by atoms with van der Waals surface area (Å²) in [5.74, 6) is 1.54. The smallest absolute Gasteiger partial charge is 0.227 e. The average molecular weight is 428 g/mol. The third-order valence-corrected chi connectivity index (χ3v) is 6.86. The third kappa shape index (κ3) is 6.00. The number of carbonyl (C=O) groups excluding carboxylic acids is 2. The fourth-order valence-electron chi connectivity index (χ4n) is 4.85. The quantitative estimate of drug-likeness (QED) is 0.608. The Balaban J connectivity index is 1.31. The molecule has 170 valence electrons. The largest absolute Gasteiger partial charge is 0.494 e. The van der Waals surface area contributed by atoms with Gasteiger partial charge in [-0.2, -0.15) is 0 Å². The summed E-state index contributed by atoms with van der Waals surface area (Å²) < 4.78 is 5.48. The van der Waals surface area contributed by atoms with Gasteiger partial charge in [-0.25, -0.2) is 0 Å². The minimum absolute atomic E-state index is 0.154. The normalized spacial score (nSPS) is 21.8. The lowest BCUT2D eigenvalue weighted by atomic mass is 10.1. The second-order valence-corrected chi connectivity index (χ2v) is 9.24. The molecule has 2 amide bonds. The molecule has 0 N–H and O–H groups in total. The van der Waals surface area contributed by atoms with Crippen molar-refractivity contribution in [2.45, 2.75) is 57.9 Å². The number of benzene rings is 1. The maximum atomic E-state index is 13.0. The molecule has 0 radical (unpaired) electrons. The van der Waals surface area contributed by atoms with Gasteiger partial charge in [-0.15, -0.1) is 0 Å². The van der Waals surface area contributed by atoms with Crippen LogP contribution in [0.2, 0.25) is 0 Å². The molecule has 0 spiro atoms. The average Bonchev–Trinajstić information content (AvgIpc) is 3.53. The van der Waals surface area contributed by atoms with E-state index in [2.05, 4.69) is 9.80 Å². The molecule has 1 aliphatic carbocycles. The van der Waals surface area contributed by atoms with E-state index in [9.17, 15) is 9.59 Å². The predicted molar refractivity (Wildman–Crippen MR) is 121 cm³/mol. The Morgan fingerprint density at radius 3 is 2.45 bits per heavy atom. The molecule has 6 heteroatoms. The number of hydrogen-bond donors (Lipinski definition) is 0. The highest BCUT2D eigenvalue weighted by atomic mass is 16.5. The first-order valence-corrected chi connectivity index (χ1v) is 12.2. The van der Waals surface area contributed by atoms with Crippen LogP contribution in [0.15, 0.2) is 24.3 Å². The predicted octanol–water partition coefficient (Wildman–Crippen LogP) is 2.95. The van der Waals surface area contributed by atoms with Gasteiger partial charge < -0.3 is 19.4 Å². The third-order valence-electron chi connectivity index (χ3n) is 6.86. The van der Waals surface area contributed by atoms with E-state index in [1.165, 1.54) is 19.3 Å². The van der Waals surface area contributed by atoms with Crippen LogP contribution >= 0.6 is 0 Å². The molecule has 1 unspecified atom stereocenters. The zero-order valence-electron chi connectivity index (χ0n) is 18.9. The Labute approximate surface area is 186 Å². The van der Waals surface area contributed by atoms with Crippen molar-refractivity contribution in [1.82, 2.24) is 14.7 Å². The number of amides is 2. The van der Waals surface area contributed by atoms with Crippen molar-refractivity contribution in [3.8, 4) is 5.75 Å². The number of likely N-dealkylation sites (tertiary alicyclic amines) is 2. The van der Waals surface area contributed by atoms with Crippen LogP contribution in [-0.2, 0) is 16.0 Å². The number of ether oxygens (including phenoxy) is 1. The minimum Gasteiger partial charge on any atom is -0.494 e. The van der Waals surface area contributed by atoms with Crippen LogP contribution < -0.4 is 4.74 Å². The lowest BCUT2D eigenvalue weighted by Crippen LogP contribution is -2.47. The molecule has 2 aliphatic heterocycles. The molecule has 6 nitrogen and oxygen atoms in total. The van der Waals surface area contributed by atoms with Gasteiger partial charge >= 0.3 is 0 Å². The molecular weight excluding hydrogens is 390 g/mol. The number of carbonyl (C=O) groups is 2. The van der Waals surface area contributed by atoms with Gasteiger partial charge in [0, 0.05) is 32.1 Å². The number of piperidine rings is 1. The summed E-state index contributed by atoms with van der Waals surface area (Å²) in [5.41, 5.74) is 1.01. The van der Waals surface area contributed by atoms with E-state index >= 15 is 0 Å². The first-order valence-electron chi connectivity index (χ1n) is 12.2. The Hall–Kier alpha value is -2.08. The van der Waals surface area contributed by atoms with Gasteiger partial charge in [-0.3, -0.25) is 9.59 Å². The molecule has 4 rings (SSSR count). The van der Waals surface area contributed by atoms with Crippen molar-refractivity contribution in [2.75, 3.05) is 45.9 Å². The molecular formula is C25H37N3O3. The van der Waals surface area contributed by atoms with E-state index in [1.54, 1.807) is 0 Å². The fourth-order valence-corrected chi connectivity index (χ4v) is 4.85. The number of nitrogens with zero attached hydrogens (tertiary/aromatic N) is 3. The van der Waals surface area contributed by atoms with Crippen molar-refractivity contribution in [3.63, 3.8) is 0 Å². The molecule has 1 saturated carbocycles. The second kappa shape index (κ2) is 10.5. The summed E-state index contributed by atoms with van der Waals surface area (Å²) >= 11 is 0. The maximum Gasteiger partial charge on any atom is 0.227 e. The highest BCUT2D eigenvalue weighted by Gasteiger charge is 2.39. The van der Waals surface area contributed by atoms with Crippen molar-refractivity contribution in [3.05, 3.63) is 29.8 Å². The first kappa shape index (κ1) is 22.1. The zero-order chi connectivity index (χ0) is 21.6. The topological polar surface area (TPSA) is 53.1 Å². The summed E-state index contributed by atoms with van der Waals surface area (Å²) in [5, 5.41) is 0. The fraction of sp³-hybridized carbons (Fsp3) is 0.680. The number of hydrogen-bond acceptors (Lipinski definition) is 4. The van der Waals surface area contributed by atoms with Crippen molar-refractivity contribution in [1.29, 1.82) is 0 Å². The van der Waals surface area contributed by atoms with Crippen LogP contribution in [-0.4, -0.2) is 78.4 Å². The monoisotopic (exact) mass is 427 g/mol. The molecule has 31 heavy (non-hydrogen) atoms. The van der Waals surface area contributed by atoms with Crippen LogP contribution in [0.4, 0.5) is 0 Å². The zero-order valence-corrected chi connectivity index (χ0v) is 18.9. The van der Waals surface area contributed by atoms with E-state index < -0.39 is 0 Å². The van der Waals surface area contributed by atoms with E-state index in [0.717, 1.165) is 63.3 Å². The SMILES string of the molecule is CCOc1ccc(CC(=O)N2CCC(N(CCN3CCCCC3)C(=O)C3CC3)C2)cc1. The minimum atomic E-state index is 0.154. The second-order valence-electron chi connectivity index (χ2n) is 9.24. The molecule has 0 aromatic heterocycles. The van der Waals surface area contributed by atoms with Gasteiger partial charge in [0.05, 0.1) is 19.1 Å². The van der Waals surface area contributed by atoms with Gasteiger partial charge in [-0.1, -0.05) is 18.6 Å². The maximum absolute atomic E-state index is 13.0. The van der Waals surface area contributed by atoms with E-state index in [0.29, 0.717) is 25.5 Å². The molecule has 3 fully saturated rings. The van der Waals surface area contributed by atoms with E-state index in [1.807, 2.05) is 36.1 Å².